The fourth-order valence-electron chi connectivity index (χ4n) is 2.42. The molecule has 3 N–H and O–H groups in total. The molecule has 0 aromatic carbocycles. The molecule has 0 aromatic heterocycles. The fraction of sp³-hybridized carbons (Fsp3) is 1.00. The van der Waals surface area contributed by atoms with Gasteiger partial charge in [0.15, 0.2) is 0 Å². The molecule has 0 bridgehead atoms. The van der Waals surface area contributed by atoms with Crippen LogP contribution in [0.15, 0.2) is 0 Å². The molecule has 0 spiro atoms. The number of likely N-dealkylation sites (N-methyl/N-ethyl adjacent to an activating group) is 1. The number of likely N-dealkylation sites (tertiary alicyclic amines) is 1. The molecular formula is C9H18N2O. The quantitative estimate of drug-likeness (QED) is 0.603. The number of hydrogen-bond donors (Lipinski definition) is 2. The number of hydrogen-bond acceptors (Lipinski definition) is 3. The minimum Gasteiger partial charge on any atom is -0.388 e. The molecule has 1 aliphatic heterocycles. The van der Waals surface area contributed by atoms with E-state index in [2.05, 4.69) is 11.9 Å². The van der Waals surface area contributed by atoms with E-state index >= 15 is 0 Å². The predicted molar refractivity (Wildman–Crippen MR) is 47.8 cm³/mol. The van der Waals surface area contributed by atoms with Gasteiger partial charge < -0.3 is 15.7 Å². The summed E-state index contributed by atoms with van der Waals surface area (Å²) in [7, 11) is 2.06. The molecular weight excluding hydrogens is 152 g/mol. The first-order valence-corrected chi connectivity index (χ1v) is 4.73. The second kappa shape index (κ2) is 2.44. The Kier molecular flexibility index (Phi) is 1.72. The summed E-state index contributed by atoms with van der Waals surface area (Å²) in [4.78, 5) is 2.19. The summed E-state index contributed by atoms with van der Waals surface area (Å²) in [5.74, 6) is 0. The Labute approximate surface area is 73.5 Å². The number of rotatable bonds is 2. The fourth-order valence-corrected chi connectivity index (χ4v) is 2.42. The average molecular weight is 170 g/mol. The SMILES string of the molecule is CN1CCC(O)(C2(CN)CC2)C1. The minimum atomic E-state index is -0.476. The summed E-state index contributed by atoms with van der Waals surface area (Å²) in [6, 6.07) is 0. The van der Waals surface area contributed by atoms with E-state index in [0.717, 1.165) is 32.4 Å². The largest absolute Gasteiger partial charge is 0.388 e. The maximum Gasteiger partial charge on any atom is 0.0853 e. The molecule has 0 aromatic rings. The van der Waals surface area contributed by atoms with E-state index in [-0.39, 0.29) is 5.41 Å². The van der Waals surface area contributed by atoms with Crippen molar-refractivity contribution in [2.45, 2.75) is 24.9 Å². The highest BCUT2D eigenvalue weighted by molar-refractivity contribution is 5.12. The van der Waals surface area contributed by atoms with Gasteiger partial charge in [0.1, 0.15) is 0 Å². The first-order valence-electron chi connectivity index (χ1n) is 4.73. The van der Waals surface area contributed by atoms with Crippen LogP contribution in [-0.4, -0.2) is 42.3 Å². The van der Waals surface area contributed by atoms with Crippen LogP contribution in [0.2, 0.25) is 0 Å². The third-order valence-electron chi connectivity index (χ3n) is 3.67. The van der Waals surface area contributed by atoms with Crippen molar-refractivity contribution in [2.75, 3.05) is 26.7 Å². The summed E-state index contributed by atoms with van der Waals surface area (Å²) in [6.45, 7) is 2.47. The lowest BCUT2D eigenvalue weighted by atomic mass is 9.83. The highest BCUT2D eigenvalue weighted by Crippen LogP contribution is 2.56. The van der Waals surface area contributed by atoms with Gasteiger partial charge >= 0.3 is 0 Å². The smallest absolute Gasteiger partial charge is 0.0853 e. The average Bonchev–Trinajstić information content (AvgIpc) is 2.76. The van der Waals surface area contributed by atoms with Crippen LogP contribution in [0.1, 0.15) is 19.3 Å². The van der Waals surface area contributed by atoms with E-state index in [1.165, 1.54) is 0 Å². The van der Waals surface area contributed by atoms with Gasteiger partial charge in [0, 0.05) is 25.0 Å². The van der Waals surface area contributed by atoms with Crippen LogP contribution in [0.25, 0.3) is 0 Å². The molecule has 2 rings (SSSR count). The number of nitrogens with two attached hydrogens (primary N) is 1. The van der Waals surface area contributed by atoms with Gasteiger partial charge in [0.25, 0.3) is 0 Å². The molecule has 3 heteroatoms. The lowest BCUT2D eigenvalue weighted by molar-refractivity contribution is -0.0177. The van der Waals surface area contributed by atoms with Gasteiger partial charge in [-0.2, -0.15) is 0 Å². The summed E-state index contributed by atoms with van der Waals surface area (Å²) in [5, 5.41) is 10.3. The number of aliphatic hydroxyl groups is 1. The minimum absolute atomic E-state index is 0.0811. The van der Waals surface area contributed by atoms with Crippen molar-refractivity contribution < 1.29 is 5.11 Å². The van der Waals surface area contributed by atoms with Crippen LogP contribution in [0, 0.1) is 5.41 Å². The summed E-state index contributed by atoms with van der Waals surface area (Å²) >= 11 is 0. The van der Waals surface area contributed by atoms with Gasteiger partial charge in [-0.3, -0.25) is 0 Å². The van der Waals surface area contributed by atoms with Gasteiger partial charge in [-0.1, -0.05) is 0 Å². The molecule has 1 heterocycles. The van der Waals surface area contributed by atoms with Gasteiger partial charge in [-0.25, -0.2) is 0 Å². The van der Waals surface area contributed by atoms with Crippen molar-refractivity contribution in [3.63, 3.8) is 0 Å². The van der Waals surface area contributed by atoms with Gasteiger partial charge in [0.05, 0.1) is 5.60 Å². The topological polar surface area (TPSA) is 49.5 Å². The van der Waals surface area contributed by atoms with Crippen molar-refractivity contribution >= 4 is 0 Å². The van der Waals surface area contributed by atoms with E-state index in [0.29, 0.717) is 6.54 Å². The Morgan fingerprint density at radius 3 is 2.42 bits per heavy atom. The Balaban J connectivity index is 2.11. The molecule has 1 saturated carbocycles. The van der Waals surface area contributed by atoms with Crippen molar-refractivity contribution in [1.29, 1.82) is 0 Å². The molecule has 70 valence electrons. The molecule has 3 nitrogen and oxygen atoms in total. The van der Waals surface area contributed by atoms with Crippen LogP contribution in [0.4, 0.5) is 0 Å². The third-order valence-corrected chi connectivity index (χ3v) is 3.67. The maximum atomic E-state index is 10.3. The van der Waals surface area contributed by atoms with Crippen LogP contribution in [0.3, 0.4) is 0 Å². The van der Waals surface area contributed by atoms with Crippen molar-refractivity contribution in [2.24, 2.45) is 11.1 Å². The molecule has 2 aliphatic rings. The van der Waals surface area contributed by atoms with E-state index in [9.17, 15) is 5.11 Å². The Bertz CT molecular complexity index is 191. The molecule has 0 radical (unpaired) electrons. The lowest BCUT2D eigenvalue weighted by Gasteiger charge is -2.31. The van der Waals surface area contributed by atoms with Crippen molar-refractivity contribution in [3.8, 4) is 0 Å². The lowest BCUT2D eigenvalue weighted by Crippen LogP contribution is -2.45. The zero-order chi connectivity index (χ0) is 8.82. The Morgan fingerprint density at radius 1 is 1.42 bits per heavy atom. The van der Waals surface area contributed by atoms with Gasteiger partial charge in [-0.05, 0) is 26.3 Å². The molecule has 1 aliphatic carbocycles. The second-order valence-electron chi connectivity index (χ2n) is 4.50. The zero-order valence-electron chi connectivity index (χ0n) is 7.71. The van der Waals surface area contributed by atoms with Crippen molar-refractivity contribution in [3.05, 3.63) is 0 Å². The molecule has 0 amide bonds. The molecule has 12 heavy (non-hydrogen) atoms. The zero-order valence-corrected chi connectivity index (χ0v) is 7.71. The van der Waals surface area contributed by atoms with E-state index < -0.39 is 5.60 Å². The normalized spacial score (nSPS) is 40.2. The van der Waals surface area contributed by atoms with E-state index in [1.54, 1.807) is 0 Å². The van der Waals surface area contributed by atoms with Crippen LogP contribution in [-0.2, 0) is 0 Å². The number of β-amino-alcohol motifs (C(OH)–C–C–N with tert-alkyl or cyclic N) is 1. The van der Waals surface area contributed by atoms with Crippen molar-refractivity contribution in [1.82, 2.24) is 4.90 Å². The van der Waals surface area contributed by atoms with Crippen LogP contribution >= 0.6 is 0 Å². The first kappa shape index (κ1) is 8.48. The highest BCUT2D eigenvalue weighted by Gasteiger charge is 2.59. The molecule has 1 unspecified atom stereocenters. The third kappa shape index (κ3) is 1.00. The highest BCUT2D eigenvalue weighted by atomic mass is 16.3. The molecule has 1 atom stereocenters. The number of nitrogens with zero attached hydrogens (tertiary/aromatic N) is 1. The first-order chi connectivity index (χ1) is 5.62. The maximum absolute atomic E-state index is 10.3. The predicted octanol–water partition coefficient (Wildman–Crippen LogP) is -0.208. The Morgan fingerprint density at radius 2 is 2.08 bits per heavy atom. The standard InChI is InChI=1S/C9H18N2O/c1-11-5-4-9(12,7-11)8(6-10)2-3-8/h12H,2-7,10H2,1H3. The molecule has 2 fully saturated rings. The van der Waals surface area contributed by atoms with E-state index in [4.69, 9.17) is 5.73 Å². The summed E-state index contributed by atoms with van der Waals surface area (Å²) < 4.78 is 0. The molecule has 1 saturated heterocycles. The Hall–Kier alpha value is -0.120. The monoisotopic (exact) mass is 170 g/mol. The summed E-state index contributed by atoms with van der Waals surface area (Å²) in [6.07, 6.45) is 3.14. The van der Waals surface area contributed by atoms with E-state index in [1.807, 2.05) is 0 Å². The van der Waals surface area contributed by atoms with Crippen LogP contribution in [0.5, 0.6) is 0 Å². The summed E-state index contributed by atoms with van der Waals surface area (Å²) in [5.41, 5.74) is 5.31. The van der Waals surface area contributed by atoms with Gasteiger partial charge in [-0.15, -0.1) is 0 Å². The second-order valence-corrected chi connectivity index (χ2v) is 4.50. The van der Waals surface area contributed by atoms with Crippen LogP contribution < -0.4 is 5.73 Å². The van der Waals surface area contributed by atoms with Gasteiger partial charge in [0.2, 0.25) is 0 Å².